The van der Waals surface area contributed by atoms with E-state index in [4.69, 9.17) is 9.84 Å². The molecule has 21 heavy (non-hydrogen) atoms. The summed E-state index contributed by atoms with van der Waals surface area (Å²) in [5, 5.41) is 11.4. The minimum Gasteiger partial charge on any atom is -0.491 e. The molecule has 0 aliphatic heterocycles. The lowest BCUT2D eigenvalue weighted by Gasteiger charge is -2.13. The predicted molar refractivity (Wildman–Crippen MR) is 75.6 cm³/mol. The third kappa shape index (κ3) is 6.25. The summed E-state index contributed by atoms with van der Waals surface area (Å²) < 4.78 is 18.5. The number of carboxylic acid groups (broad SMARTS) is 1. The second-order valence-corrected chi connectivity index (χ2v) is 4.63. The number of halogens is 1. The van der Waals surface area contributed by atoms with Gasteiger partial charge in [-0.2, -0.15) is 0 Å². The smallest absolute Gasteiger partial charge is 0.326 e. The quantitative estimate of drug-likeness (QED) is 0.686. The van der Waals surface area contributed by atoms with Gasteiger partial charge in [0.05, 0.1) is 6.61 Å². The van der Waals surface area contributed by atoms with Crippen molar-refractivity contribution in [2.24, 2.45) is 0 Å². The Kier molecular flexibility index (Phi) is 7.21. The zero-order chi connectivity index (χ0) is 15.7. The highest BCUT2D eigenvalue weighted by molar-refractivity contribution is 5.83. The molecule has 0 spiro atoms. The van der Waals surface area contributed by atoms with Gasteiger partial charge in [-0.25, -0.2) is 9.18 Å². The normalized spacial score (nSPS) is 11.7. The van der Waals surface area contributed by atoms with Crippen LogP contribution in [0.25, 0.3) is 0 Å². The van der Waals surface area contributed by atoms with Crippen molar-refractivity contribution < 1.29 is 23.8 Å². The molecule has 1 unspecified atom stereocenters. The van der Waals surface area contributed by atoms with Gasteiger partial charge in [0.2, 0.25) is 5.91 Å². The van der Waals surface area contributed by atoms with E-state index in [0.29, 0.717) is 19.3 Å². The Bertz CT molecular complexity index is 478. The molecule has 0 fully saturated rings. The second-order valence-electron chi connectivity index (χ2n) is 4.63. The molecule has 0 heterocycles. The lowest BCUT2D eigenvalue weighted by Crippen LogP contribution is -2.40. The minimum absolute atomic E-state index is 0.141. The molecule has 0 radical (unpaired) electrons. The van der Waals surface area contributed by atoms with Gasteiger partial charge in [0, 0.05) is 6.42 Å². The standard InChI is InChI=1S/C15H20FNO4/c1-2-6-12(15(19)20)17-14(18)9-5-10-21-13-8-4-3-7-11(13)16/h3-4,7-8,12H,2,5-6,9-10H2,1H3,(H,17,18)(H,19,20). The molecule has 0 aliphatic rings. The monoisotopic (exact) mass is 297 g/mol. The van der Waals surface area contributed by atoms with E-state index in [1.165, 1.54) is 12.1 Å². The van der Waals surface area contributed by atoms with Crippen LogP contribution in [-0.2, 0) is 9.59 Å². The van der Waals surface area contributed by atoms with E-state index in [1.807, 2.05) is 6.92 Å². The van der Waals surface area contributed by atoms with E-state index in [1.54, 1.807) is 12.1 Å². The van der Waals surface area contributed by atoms with Crippen molar-refractivity contribution in [3.63, 3.8) is 0 Å². The Morgan fingerprint density at radius 3 is 2.71 bits per heavy atom. The van der Waals surface area contributed by atoms with Gasteiger partial charge >= 0.3 is 5.97 Å². The van der Waals surface area contributed by atoms with Crippen LogP contribution in [0.15, 0.2) is 24.3 Å². The highest BCUT2D eigenvalue weighted by Gasteiger charge is 2.18. The van der Waals surface area contributed by atoms with E-state index in [2.05, 4.69) is 5.32 Å². The molecule has 0 bridgehead atoms. The number of amides is 1. The molecule has 0 aromatic heterocycles. The summed E-state index contributed by atoms with van der Waals surface area (Å²) in [5.41, 5.74) is 0. The summed E-state index contributed by atoms with van der Waals surface area (Å²) in [5.74, 6) is -1.68. The van der Waals surface area contributed by atoms with Gasteiger partial charge in [0.1, 0.15) is 6.04 Å². The third-order valence-corrected chi connectivity index (χ3v) is 2.85. The first-order valence-electron chi connectivity index (χ1n) is 6.94. The molecule has 1 atom stereocenters. The SMILES string of the molecule is CCCC(NC(=O)CCCOc1ccccc1F)C(=O)O. The van der Waals surface area contributed by atoms with Gasteiger partial charge < -0.3 is 15.2 Å². The molecule has 1 amide bonds. The van der Waals surface area contributed by atoms with Crippen LogP contribution in [0.5, 0.6) is 5.75 Å². The Labute approximate surface area is 123 Å². The molecule has 5 nitrogen and oxygen atoms in total. The van der Waals surface area contributed by atoms with Crippen LogP contribution < -0.4 is 10.1 Å². The lowest BCUT2D eigenvalue weighted by atomic mass is 10.1. The molecule has 0 aliphatic carbocycles. The maximum Gasteiger partial charge on any atom is 0.326 e. The van der Waals surface area contributed by atoms with Gasteiger partial charge in [-0.1, -0.05) is 25.5 Å². The Balaban J connectivity index is 2.27. The fourth-order valence-electron chi connectivity index (χ4n) is 1.79. The highest BCUT2D eigenvalue weighted by atomic mass is 19.1. The van der Waals surface area contributed by atoms with Gasteiger partial charge in [0.25, 0.3) is 0 Å². The van der Waals surface area contributed by atoms with Crippen molar-refractivity contribution in [2.75, 3.05) is 6.61 Å². The Morgan fingerprint density at radius 2 is 2.10 bits per heavy atom. The first-order valence-corrected chi connectivity index (χ1v) is 6.94. The topological polar surface area (TPSA) is 75.6 Å². The maximum absolute atomic E-state index is 13.3. The number of rotatable bonds is 9. The highest BCUT2D eigenvalue weighted by Crippen LogP contribution is 2.15. The molecule has 0 saturated carbocycles. The van der Waals surface area contributed by atoms with Crippen molar-refractivity contribution in [2.45, 2.75) is 38.6 Å². The van der Waals surface area contributed by atoms with Gasteiger partial charge in [-0.05, 0) is 25.0 Å². The number of carboxylic acids is 1. The van der Waals surface area contributed by atoms with Crippen LogP contribution in [0.1, 0.15) is 32.6 Å². The van der Waals surface area contributed by atoms with Crippen LogP contribution in [-0.4, -0.2) is 29.6 Å². The zero-order valence-corrected chi connectivity index (χ0v) is 12.0. The van der Waals surface area contributed by atoms with Crippen molar-refractivity contribution in [1.29, 1.82) is 0 Å². The van der Waals surface area contributed by atoms with Crippen LogP contribution in [0.4, 0.5) is 4.39 Å². The molecule has 116 valence electrons. The zero-order valence-electron chi connectivity index (χ0n) is 12.0. The van der Waals surface area contributed by atoms with E-state index in [0.717, 1.165) is 0 Å². The number of carbonyl (C=O) groups excluding carboxylic acids is 1. The number of para-hydroxylation sites is 1. The number of nitrogens with one attached hydrogen (secondary N) is 1. The molecule has 0 saturated heterocycles. The average molecular weight is 297 g/mol. The number of ether oxygens (including phenoxy) is 1. The lowest BCUT2D eigenvalue weighted by molar-refractivity contribution is -0.142. The third-order valence-electron chi connectivity index (χ3n) is 2.85. The summed E-state index contributed by atoms with van der Waals surface area (Å²) in [4.78, 5) is 22.5. The van der Waals surface area contributed by atoms with Gasteiger partial charge in [-0.15, -0.1) is 0 Å². The fraction of sp³-hybridized carbons (Fsp3) is 0.467. The second kappa shape index (κ2) is 8.94. The molecular formula is C15H20FNO4. The summed E-state index contributed by atoms with van der Waals surface area (Å²) in [7, 11) is 0. The number of benzene rings is 1. The van der Waals surface area contributed by atoms with Crippen LogP contribution in [0.2, 0.25) is 0 Å². The Hall–Kier alpha value is -2.11. The summed E-state index contributed by atoms with van der Waals surface area (Å²) in [6.07, 6.45) is 1.60. The summed E-state index contributed by atoms with van der Waals surface area (Å²) in [6, 6.07) is 5.18. The van der Waals surface area contributed by atoms with Crippen LogP contribution in [0.3, 0.4) is 0 Å². The van der Waals surface area contributed by atoms with Gasteiger partial charge in [0.15, 0.2) is 11.6 Å². The van der Waals surface area contributed by atoms with Gasteiger partial charge in [-0.3, -0.25) is 4.79 Å². The van der Waals surface area contributed by atoms with E-state index in [9.17, 15) is 14.0 Å². The fourth-order valence-corrected chi connectivity index (χ4v) is 1.79. The number of aliphatic carboxylic acids is 1. The van der Waals surface area contributed by atoms with Crippen LogP contribution in [0, 0.1) is 5.82 Å². The Morgan fingerprint density at radius 1 is 1.38 bits per heavy atom. The van der Waals surface area contributed by atoms with Crippen LogP contribution >= 0.6 is 0 Å². The predicted octanol–water partition coefficient (Wildman–Crippen LogP) is 2.35. The molecule has 1 aromatic rings. The summed E-state index contributed by atoms with van der Waals surface area (Å²) in [6.45, 7) is 2.05. The first-order chi connectivity index (χ1) is 10.0. The average Bonchev–Trinajstić information content (AvgIpc) is 2.44. The minimum atomic E-state index is -1.03. The molecule has 1 aromatic carbocycles. The largest absolute Gasteiger partial charge is 0.491 e. The summed E-state index contributed by atoms with van der Waals surface area (Å²) >= 11 is 0. The van der Waals surface area contributed by atoms with E-state index in [-0.39, 0.29) is 24.7 Å². The van der Waals surface area contributed by atoms with E-state index < -0.39 is 17.8 Å². The van der Waals surface area contributed by atoms with Crippen molar-refractivity contribution in [3.8, 4) is 5.75 Å². The number of hydrogen-bond donors (Lipinski definition) is 2. The van der Waals surface area contributed by atoms with Crippen molar-refractivity contribution in [1.82, 2.24) is 5.32 Å². The van der Waals surface area contributed by atoms with E-state index >= 15 is 0 Å². The molecular weight excluding hydrogens is 277 g/mol. The van der Waals surface area contributed by atoms with Crippen molar-refractivity contribution >= 4 is 11.9 Å². The molecule has 6 heteroatoms. The number of carbonyl (C=O) groups is 2. The molecule has 1 rings (SSSR count). The van der Waals surface area contributed by atoms with Crippen molar-refractivity contribution in [3.05, 3.63) is 30.1 Å². The number of hydrogen-bond acceptors (Lipinski definition) is 3. The maximum atomic E-state index is 13.3. The molecule has 2 N–H and O–H groups in total. The first kappa shape index (κ1) is 16.9.